The first-order valence-electron chi connectivity index (χ1n) is 4.48. The Hall–Kier alpha value is 0.207. The third-order valence-corrected chi connectivity index (χ3v) is 4.95. The fourth-order valence-electron chi connectivity index (χ4n) is 2.29. The zero-order chi connectivity index (χ0) is 8.60. The van der Waals surface area contributed by atoms with Gasteiger partial charge in [-0.2, -0.15) is 11.1 Å². The van der Waals surface area contributed by atoms with Gasteiger partial charge in [-0.3, -0.25) is 0 Å². The van der Waals surface area contributed by atoms with Crippen LogP contribution >= 0.6 is 11.1 Å². The third kappa shape index (κ3) is 1.26. The summed E-state index contributed by atoms with van der Waals surface area (Å²) in [4.78, 5) is 0. The van der Waals surface area contributed by atoms with E-state index in [1.165, 1.54) is 6.42 Å². The molecule has 3 atom stereocenters. The van der Waals surface area contributed by atoms with Gasteiger partial charge in [-0.05, 0) is 24.8 Å². The van der Waals surface area contributed by atoms with Crippen LogP contribution in [-0.2, 0) is 4.74 Å². The molecule has 2 rings (SSSR count). The highest BCUT2D eigenvalue weighted by Crippen LogP contribution is 2.55. The van der Waals surface area contributed by atoms with E-state index < -0.39 is 0 Å². The lowest BCUT2D eigenvalue weighted by Crippen LogP contribution is -2.20. The van der Waals surface area contributed by atoms with Crippen LogP contribution in [-0.4, -0.2) is 21.5 Å². The maximum atomic E-state index is 5.98. The minimum Gasteiger partial charge on any atom is -0.378 e. The molecule has 2 radical (unpaired) electrons. The zero-order valence-electron chi connectivity index (χ0n) is 7.22. The summed E-state index contributed by atoms with van der Waals surface area (Å²) in [6, 6.07) is 0. The van der Waals surface area contributed by atoms with Gasteiger partial charge >= 0.3 is 0 Å². The van der Waals surface area contributed by atoms with Crippen LogP contribution in [0.25, 0.3) is 0 Å². The van der Waals surface area contributed by atoms with Gasteiger partial charge in [0.15, 0.2) is 8.83 Å². The highest BCUT2D eigenvalue weighted by atomic mass is 35.6. The molecule has 2 aliphatic rings. The Morgan fingerprint density at radius 3 is 3.08 bits per heavy atom. The van der Waals surface area contributed by atoms with Gasteiger partial charge in [0, 0.05) is 12.5 Å². The molecule has 2 bridgehead atoms. The van der Waals surface area contributed by atoms with Crippen LogP contribution in [0.5, 0.6) is 0 Å². The first-order valence-corrected chi connectivity index (χ1v) is 6.49. The fourth-order valence-corrected chi connectivity index (χ4v) is 3.69. The number of hydrogen-bond acceptors (Lipinski definition) is 1. The van der Waals surface area contributed by atoms with Crippen molar-refractivity contribution >= 4 is 19.9 Å². The van der Waals surface area contributed by atoms with E-state index in [1.54, 1.807) is 0 Å². The molecule has 0 amide bonds. The largest absolute Gasteiger partial charge is 0.378 e. The lowest BCUT2D eigenvalue weighted by molar-refractivity contribution is 0.0461. The van der Waals surface area contributed by atoms with E-state index in [1.807, 2.05) is 0 Å². The first-order chi connectivity index (χ1) is 5.79. The molecular formula is C9H13ClOSi. The monoisotopic (exact) mass is 200 g/mol. The Bertz CT molecular complexity index is 207. The maximum absolute atomic E-state index is 5.98. The summed E-state index contributed by atoms with van der Waals surface area (Å²) in [5.41, 5.74) is 0. The van der Waals surface area contributed by atoms with E-state index in [2.05, 4.69) is 19.1 Å². The summed E-state index contributed by atoms with van der Waals surface area (Å²) < 4.78 is 5.66. The molecule has 0 aliphatic heterocycles. The molecule has 1 nitrogen and oxygen atoms in total. The minimum absolute atomic E-state index is 0.312. The predicted octanol–water partition coefficient (Wildman–Crippen LogP) is 2.39. The van der Waals surface area contributed by atoms with Gasteiger partial charge in [-0.25, -0.2) is 0 Å². The van der Waals surface area contributed by atoms with Gasteiger partial charge in [-0.15, -0.1) is 0 Å². The molecular weight excluding hydrogens is 188 g/mol. The molecule has 12 heavy (non-hydrogen) atoms. The summed E-state index contributed by atoms with van der Waals surface area (Å²) in [6.07, 6.45) is 7.41. The Morgan fingerprint density at radius 2 is 2.50 bits per heavy atom. The minimum atomic E-state index is 0.312. The molecule has 0 aromatic heterocycles. The predicted molar refractivity (Wildman–Crippen MR) is 51.6 cm³/mol. The molecule has 3 unspecified atom stereocenters. The summed E-state index contributed by atoms with van der Waals surface area (Å²) in [5.74, 6) is 0.649. The van der Waals surface area contributed by atoms with Crippen LogP contribution in [0, 0.1) is 5.92 Å². The molecule has 0 N–H and O–H groups in total. The van der Waals surface area contributed by atoms with E-state index in [9.17, 15) is 0 Å². The lowest BCUT2D eigenvalue weighted by atomic mass is 10.0. The van der Waals surface area contributed by atoms with Crippen LogP contribution in [0.4, 0.5) is 0 Å². The summed E-state index contributed by atoms with van der Waals surface area (Å²) in [5, 5.41) is 0.312. The molecule has 0 heterocycles. The van der Waals surface area contributed by atoms with Crippen molar-refractivity contribution in [3.8, 4) is 0 Å². The molecule has 0 aromatic rings. The van der Waals surface area contributed by atoms with E-state index in [4.69, 9.17) is 15.8 Å². The summed E-state index contributed by atoms with van der Waals surface area (Å²) in [6.45, 7) is 2.89. The van der Waals surface area contributed by atoms with Crippen molar-refractivity contribution in [3.63, 3.8) is 0 Å². The second kappa shape index (κ2) is 3.16. The Morgan fingerprint density at radius 1 is 1.67 bits per heavy atom. The standard InChI is InChI=1S/C9H13ClOSi/c1-2-11-8-6-9(12-10)4-3-7(8)5-9/h3-4,7-8H,2,5-6H2,1H3. The average Bonchev–Trinajstić information content (AvgIpc) is 2.63. The zero-order valence-corrected chi connectivity index (χ0v) is 8.97. The molecule has 1 saturated carbocycles. The van der Waals surface area contributed by atoms with E-state index in [-0.39, 0.29) is 0 Å². The topological polar surface area (TPSA) is 9.23 Å². The number of rotatable bonds is 3. The first kappa shape index (κ1) is 8.79. The average molecular weight is 201 g/mol. The van der Waals surface area contributed by atoms with Gasteiger partial charge in [0.25, 0.3) is 0 Å². The van der Waals surface area contributed by atoms with Crippen LogP contribution in [0.2, 0.25) is 5.04 Å². The van der Waals surface area contributed by atoms with Crippen molar-refractivity contribution in [2.45, 2.75) is 30.9 Å². The summed E-state index contributed by atoms with van der Waals surface area (Å²) in [7, 11) is 0.519. The van der Waals surface area contributed by atoms with Crippen LogP contribution in [0.3, 0.4) is 0 Å². The van der Waals surface area contributed by atoms with Gasteiger partial charge < -0.3 is 4.74 Å². The van der Waals surface area contributed by atoms with Crippen LogP contribution in [0.1, 0.15) is 19.8 Å². The van der Waals surface area contributed by atoms with Gasteiger partial charge in [-0.1, -0.05) is 12.2 Å². The lowest BCUT2D eigenvalue weighted by Gasteiger charge is -2.22. The molecule has 0 aromatic carbocycles. The molecule has 3 heteroatoms. The second-order valence-electron chi connectivity index (χ2n) is 3.68. The Balaban J connectivity index is 2.05. The van der Waals surface area contributed by atoms with Gasteiger partial charge in [0.2, 0.25) is 0 Å². The maximum Gasteiger partial charge on any atom is 0.183 e. The van der Waals surface area contributed by atoms with Crippen LogP contribution in [0.15, 0.2) is 12.2 Å². The molecule has 1 fully saturated rings. The summed E-state index contributed by atoms with van der Waals surface area (Å²) >= 11 is 5.98. The van der Waals surface area contributed by atoms with Crippen molar-refractivity contribution in [2.75, 3.05) is 6.61 Å². The molecule has 2 aliphatic carbocycles. The van der Waals surface area contributed by atoms with Crippen LogP contribution < -0.4 is 0 Å². The van der Waals surface area contributed by atoms with E-state index in [0.717, 1.165) is 13.0 Å². The number of ether oxygens (including phenoxy) is 1. The quantitative estimate of drug-likeness (QED) is 0.386. The fraction of sp³-hybridized carbons (Fsp3) is 0.778. The van der Waals surface area contributed by atoms with Crippen molar-refractivity contribution in [1.29, 1.82) is 0 Å². The Kier molecular flexibility index (Phi) is 2.32. The third-order valence-electron chi connectivity index (χ3n) is 2.87. The molecule has 0 saturated heterocycles. The van der Waals surface area contributed by atoms with E-state index >= 15 is 0 Å². The number of halogens is 1. The highest BCUT2D eigenvalue weighted by molar-refractivity contribution is 6.95. The second-order valence-corrected chi connectivity index (χ2v) is 5.43. The number of fused-ring (bicyclic) bond motifs is 2. The van der Waals surface area contributed by atoms with Crippen molar-refractivity contribution < 1.29 is 4.74 Å². The Labute approximate surface area is 80.7 Å². The van der Waals surface area contributed by atoms with Gasteiger partial charge in [0.05, 0.1) is 6.10 Å². The number of hydrogen-bond donors (Lipinski definition) is 0. The molecule has 66 valence electrons. The normalized spacial score (nSPS) is 44.2. The van der Waals surface area contributed by atoms with Crippen molar-refractivity contribution in [3.05, 3.63) is 12.2 Å². The highest BCUT2D eigenvalue weighted by Gasteiger charge is 2.47. The number of allylic oxidation sites excluding steroid dienone is 1. The smallest absolute Gasteiger partial charge is 0.183 e. The molecule has 0 spiro atoms. The van der Waals surface area contributed by atoms with Gasteiger partial charge in [0.1, 0.15) is 0 Å². The van der Waals surface area contributed by atoms with E-state index in [0.29, 0.717) is 25.9 Å². The van der Waals surface area contributed by atoms with Crippen molar-refractivity contribution in [2.24, 2.45) is 5.92 Å². The van der Waals surface area contributed by atoms with Crippen molar-refractivity contribution in [1.82, 2.24) is 0 Å². The SMILES string of the molecule is CCOC1CC2([Si]Cl)C=CC1C2.